The van der Waals surface area contributed by atoms with Crippen LogP contribution in [0.1, 0.15) is 66.2 Å². The van der Waals surface area contributed by atoms with Crippen molar-refractivity contribution in [3.05, 3.63) is 52.8 Å². The Kier molecular flexibility index (Phi) is 5.78. The van der Waals surface area contributed by atoms with Crippen molar-refractivity contribution < 1.29 is 14.7 Å². The van der Waals surface area contributed by atoms with E-state index in [1.54, 1.807) is 17.7 Å². The predicted molar refractivity (Wildman–Crippen MR) is 122 cm³/mol. The Bertz CT molecular complexity index is 900. The molecule has 0 spiro atoms. The van der Waals surface area contributed by atoms with E-state index in [0.29, 0.717) is 17.6 Å². The number of esters is 1. The van der Waals surface area contributed by atoms with Crippen LogP contribution in [0.25, 0.3) is 0 Å². The minimum absolute atomic E-state index is 0.0961. The van der Waals surface area contributed by atoms with Crippen molar-refractivity contribution in [1.29, 1.82) is 0 Å². The summed E-state index contributed by atoms with van der Waals surface area (Å²) in [7, 11) is 0. The van der Waals surface area contributed by atoms with Crippen molar-refractivity contribution in [3.63, 3.8) is 0 Å². The van der Waals surface area contributed by atoms with Gasteiger partial charge in [-0.3, -0.25) is 10.0 Å². The van der Waals surface area contributed by atoms with Gasteiger partial charge in [-0.15, -0.1) is 0 Å². The van der Waals surface area contributed by atoms with Gasteiger partial charge >= 0.3 is 5.97 Å². The lowest BCUT2D eigenvalue weighted by molar-refractivity contribution is -0.161. The van der Waals surface area contributed by atoms with E-state index in [-0.39, 0.29) is 28.2 Å². The van der Waals surface area contributed by atoms with E-state index < -0.39 is 5.41 Å². The number of carbonyl (C=O) groups is 1. The molecule has 0 saturated heterocycles. The summed E-state index contributed by atoms with van der Waals surface area (Å²) in [5.41, 5.74) is 2.70. The second kappa shape index (κ2) is 8.10. The number of benzene rings is 1. The molecule has 31 heavy (non-hydrogen) atoms. The molecule has 168 valence electrons. The second-order valence-electron chi connectivity index (χ2n) is 10.4. The van der Waals surface area contributed by atoms with Gasteiger partial charge in [-0.1, -0.05) is 44.9 Å². The average Bonchev–Trinajstić information content (AvgIpc) is 2.73. The van der Waals surface area contributed by atoms with Crippen molar-refractivity contribution in [1.82, 2.24) is 0 Å². The number of rotatable bonds is 4. The number of hydrogen-bond acceptors (Lipinski definition) is 5. The van der Waals surface area contributed by atoms with E-state index in [0.717, 1.165) is 38.5 Å². The van der Waals surface area contributed by atoms with Gasteiger partial charge in [0, 0.05) is 0 Å². The van der Waals surface area contributed by atoms with Gasteiger partial charge in [-0.05, 0) is 92.0 Å². The van der Waals surface area contributed by atoms with E-state index in [4.69, 9.17) is 9.94 Å². The fourth-order valence-corrected chi connectivity index (χ4v) is 6.52. The summed E-state index contributed by atoms with van der Waals surface area (Å²) >= 11 is 0. The van der Waals surface area contributed by atoms with Crippen LogP contribution in [-0.4, -0.2) is 11.2 Å². The highest BCUT2D eigenvalue weighted by molar-refractivity contribution is 5.79. The molecule has 2 saturated carbocycles. The Labute approximate surface area is 185 Å². The third kappa shape index (κ3) is 3.83. The molecule has 3 aliphatic carbocycles. The number of hydrogen-bond donors (Lipinski definition) is 1. The van der Waals surface area contributed by atoms with Crippen LogP contribution >= 0.6 is 0 Å². The number of carbonyl (C=O) groups excluding carboxylic acids is 1. The van der Waals surface area contributed by atoms with Gasteiger partial charge in [0.15, 0.2) is 0 Å². The number of fused-ring (bicyclic) bond motifs is 3. The maximum atomic E-state index is 13.4. The van der Waals surface area contributed by atoms with Gasteiger partial charge in [0.25, 0.3) is 0 Å². The highest BCUT2D eigenvalue weighted by Crippen LogP contribution is 2.63. The van der Waals surface area contributed by atoms with Crippen LogP contribution in [0, 0.1) is 33.8 Å². The molecular formula is C26H34NO4-. The van der Waals surface area contributed by atoms with Crippen molar-refractivity contribution >= 4 is 11.7 Å². The molecular weight excluding hydrogens is 390 g/mol. The average molecular weight is 425 g/mol. The fraction of sp³-hybridized carbons (Fsp3) is 0.577. The summed E-state index contributed by atoms with van der Waals surface area (Å²) in [6.45, 7) is 9.00. The first-order valence-corrected chi connectivity index (χ1v) is 11.5. The standard InChI is InChI=1S/C26H34NO4/c1-17(2)18-6-12-22-19(16-18)7-13-23-25(22,3)14-5-15-26(23,4)24(28)31-21-10-8-20(9-11-21)27(29)30/h6,8-11,16-17,22-23,29H,5,7,12-15H2,1-4H3/q-1. The van der Waals surface area contributed by atoms with E-state index >= 15 is 0 Å². The highest BCUT2D eigenvalue weighted by atomic mass is 16.8. The zero-order chi connectivity index (χ0) is 22.4. The van der Waals surface area contributed by atoms with Crippen molar-refractivity contribution in [2.75, 3.05) is 5.23 Å². The summed E-state index contributed by atoms with van der Waals surface area (Å²) in [6, 6.07) is 6.00. The predicted octanol–water partition coefficient (Wildman–Crippen LogP) is 6.42. The lowest BCUT2D eigenvalue weighted by Crippen LogP contribution is -2.54. The van der Waals surface area contributed by atoms with E-state index in [1.165, 1.54) is 17.7 Å². The molecule has 0 aliphatic heterocycles. The fourth-order valence-electron chi connectivity index (χ4n) is 6.52. The molecule has 1 N–H and O–H groups in total. The summed E-state index contributed by atoms with van der Waals surface area (Å²) in [5, 5.41) is 19.8. The Morgan fingerprint density at radius 3 is 2.58 bits per heavy atom. The maximum absolute atomic E-state index is 13.4. The van der Waals surface area contributed by atoms with Gasteiger partial charge in [0.2, 0.25) is 0 Å². The van der Waals surface area contributed by atoms with Crippen LogP contribution in [0.4, 0.5) is 5.69 Å². The van der Waals surface area contributed by atoms with E-state index in [1.807, 2.05) is 0 Å². The van der Waals surface area contributed by atoms with Crippen LogP contribution in [0.5, 0.6) is 5.75 Å². The highest BCUT2D eigenvalue weighted by Gasteiger charge is 2.58. The van der Waals surface area contributed by atoms with Gasteiger partial charge < -0.3 is 15.2 Å². The molecule has 1 aromatic carbocycles. The largest absolute Gasteiger partial charge is 0.733 e. The molecule has 2 fully saturated rings. The third-order valence-corrected chi connectivity index (χ3v) is 8.28. The minimum Gasteiger partial charge on any atom is -0.733 e. The summed E-state index contributed by atoms with van der Waals surface area (Å²) in [5.74, 6) is 1.57. The molecule has 5 nitrogen and oxygen atoms in total. The molecule has 5 heteroatoms. The molecule has 0 aromatic heterocycles. The van der Waals surface area contributed by atoms with Crippen LogP contribution in [0.3, 0.4) is 0 Å². The molecule has 4 unspecified atom stereocenters. The van der Waals surface area contributed by atoms with Crippen molar-refractivity contribution in [2.45, 2.75) is 66.2 Å². The summed E-state index contributed by atoms with van der Waals surface area (Å²) in [6.07, 6.45) is 11.0. The Hall–Kier alpha value is -2.11. The van der Waals surface area contributed by atoms with Crippen LogP contribution < -0.4 is 9.96 Å². The Balaban J connectivity index is 1.56. The van der Waals surface area contributed by atoms with E-state index in [2.05, 4.69) is 39.8 Å². The zero-order valence-electron chi connectivity index (χ0n) is 19.1. The number of ether oxygens (including phenoxy) is 1. The normalized spacial score (nSPS) is 32.5. The Morgan fingerprint density at radius 1 is 1.23 bits per heavy atom. The SMILES string of the molecule is CC(C)C1=CCC2C(=C1)CCC1C(C)(C(=O)Oc3ccc(N([O-])O)cc3)CCCC21C. The number of anilines is 1. The molecule has 0 amide bonds. The summed E-state index contributed by atoms with van der Waals surface area (Å²) < 4.78 is 5.80. The smallest absolute Gasteiger partial charge is 0.317 e. The molecule has 0 heterocycles. The first-order valence-electron chi connectivity index (χ1n) is 11.5. The number of allylic oxidation sites excluding steroid dienone is 4. The monoisotopic (exact) mass is 424 g/mol. The second-order valence-corrected chi connectivity index (χ2v) is 10.4. The summed E-state index contributed by atoms with van der Waals surface area (Å²) in [4.78, 5) is 13.4. The van der Waals surface area contributed by atoms with Crippen LogP contribution in [0.15, 0.2) is 47.6 Å². The van der Waals surface area contributed by atoms with Crippen LogP contribution in [-0.2, 0) is 4.79 Å². The molecule has 4 rings (SSSR count). The maximum Gasteiger partial charge on any atom is 0.317 e. The van der Waals surface area contributed by atoms with E-state index in [9.17, 15) is 10.0 Å². The minimum atomic E-state index is -0.527. The number of nitrogens with zero attached hydrogens (tertiary/aromatic N) is 1. The molecule has 4 atom stereocenters. The molecule has 3 aliphatic rings. The van der Waals surface area contributed by atoms with Crippen molar-refractivity contribution in [3.8, 4) is 5.75 Å². The molecule has 1 aromatic rings. The van der Waals surface area contributed by atoms with Crippen LogP contribution in [0.2, 0.25) is 0 Å². The van der Waals surface area contributed by atoms with Gasteiger partial charge in [0.05, 0.1) is 11.1 Å². The zero-order valence-corrected chi connectivity index (χ0v) is 19.1. The lowest BCUT2D eigenvalue weighted by Gasteiger charge is -2.58. The first kappa shape index (κ1) is 22.1. The van der Waals surface area contributed by atoms with Gasteiger partial charge in [-0.2, -0.15) is 0 Å². The topological polar surface area (TPSA) is 72.8 Å². The quantitative estimate of drug-likeness (QED) is 0.343. The van der Waals surface area contributed by atoms with Gasteiger partial charge in [-0.25, -0.2) is 0 Å². The Morgan fingerprint density at radius 2 is 1.94 bits per heavy atom. The van der Waals surface area contributed by atoms with Gasteiger partial charge in [0.1, 0.15) is 5.75 Å². The molecule has 0 bridgehead atoms. The van der Waals surface area contributed by atoms with Crippen molar-refractivity contribution in [2.24, 2.45) is 28.6 Å². The third-order valence-electron chi connectivity index (χ3n) is 8.28. The lowest BCUT2D eigenvalue weighted by atomic mass is 9.46. The first-order chi connectivity index (χ1) is 14.6. The molecule has 0 radical (unpaired) electrons.